The van der Waals surface area contributed by atoms with Gasteiger partial charge in [-0.15, -0.1) is 0 Å². The number of halogens is 1. The van der Waals surface area contributed by atoms with Crippen LogP contribution >= 0.6 is 15.9 Å². The Balaban J connectivity index is 2.54. The first-order chi connectivity index (χ1) is 6.53. The van der Waals surface area contributed by atoms with Crippen LogP contribution in [0.3, 0.4) is 0 Å². The van der Waals surface area contributed by atoms with Crippen LogP contribution < -0.4 is 4.74 Å². The third-order valence-corrected chi connectivity index (χ3v) is 2.35. The van der Waals surface area contributed by atoms with Gasteiger partial charge < -0.3 is 9.84 Å². The molecule has 0 saturated carbocycles. The van der Waals surface area contributed by atoms with E-state index in [1.165, 1.54) is 0 Å². The van der Waals surface area contributed by atoms with E-state index in [1.54, 1.807) is 0 Å². The standard InChI is InChI=1S/C11H15BrO2/c1-11(2,7-13)8-14-10-5-3-4-9(12)6-10/h3-6,13H,7-8H2,1-2H3. The van der Waals surface area contributed by atoms with Crippen molar-refractivity contribution in [3.8, 4) is 5.75 Å². The van der Waals surface area contributed by atoms with Crippen LogP contribution in [0.2, 0.25) is 0 Å². The van der Waals surface area contributed by atoms with E-state index >= 15 is 0 Å². The van der Waals surface area contributed by atoms with Gasteiger partial charge in [-0.3, -0.25) is 0 Å². The third-order valence-electron chi connectivity index (χ3n) is 1.85. The van der Waals surface area contributed by atoms with E-state index in [-0.39, 0.29) is 12.0 Å². The monoisotopic (exact) mass is 258 g/mol. The number of aliphatic hydroxyl groups is 1. The molecule has 0 heterocycles. The minimum absolute atomic E-state index is 0.126. The van der Waals surface area contributed by atoms with Crippen LogP contribution in [0, 0.1) is 5.41 Å². The first-order valence-corrected chi connectivity index (χ1v) is 5.32. The molecule has 0 aliphatic carbocycles. The molecule has 0 atom stereocenters. The maximum absolute atomic E-state index is 9.04. The molecule has 0 amide bonds. The van der Waals surface area contributed by atoms with Crippen LogP contribution in [-0.2, 0) is 0 Å². The van der Waals surface area contributed by atoms with Crippen LogP contribution in [0.15, 0.2) is 28.7 Å². The van der Waals surface area contributed by atoms with Gasteiger partial charge in [-0.2, -0.15) is 0 Å². The zero-order chi connectivity index (χ0) is 10.6. The lowest BCUT2D eigenvalue weighted by Gasteiger charge is -2.21. The van der Waals surface area contributed by atoms with Gasteiger partial charge in [0.25, 0.3) is 0 Å². The quantitative estimate of drug-likeness (QED) is 0.900. The molecule has 1 N–H and O–H groups in total. The van der Waals surface area contributed by atoms with Crippen LogP contribution in [-0.4, -0.2) is 18.3 Å². The van der Waals surface area contributed by atoms with Crippen molar-refractivity contribution in [3.05, 3.63) is 28.7 Å². The Bertz CT molecular complexity index is 297. The summed E-state index contributed by atoms with van der Waals surface area (Å²) in [5.41, 5.74) is -0.192. The average molecular weight is 259 g/mol. The van der Waals surface area contributed by atoms with Crippen LogP contribution in [0.4, 0.5) is 0 Å². The van der Waals surface area contributed by atoms with E-state index in [2.05, 4.69) is 15.9 Å². The van der Waals surface area contributed by atoms with E-state index in [4.69, 9.17) is 9.84 Å². The summed E-state index contributed by atoms with van der Waals surface area (Å²) in [6.07, 6.45) is 0. The Morgan fingerprint density at radius 3 is 2.71 bits per heavy atom. The van der Waals surface area contributed by atoms with Crippen LogP contribution in [0.5, 0.6) is 5.75 Å². The molecule has 0 saturated heterocycles. The lowest BCUT2D eigenvalue weighted by atomic mass is 9.97. The van der Waals surface area contributed by atoms with Crippen molar-refractivity contribution < 1.29 is 9.84 Å². The second-order valence-electron chi connectivity index (χ2n) is 4.07. The molecule has 14 heavy (non-hydrogen) atoms. The molecule has 0 bridgehead atoms. The molecule has 0 aliphatic heterocycles. The average Bonchev–Trinajstić information content (AvgIpc) is 2.15. The van der Waals surface area contributed by atoms with Gasteiger partial charge in [0.15, 0.2) is 0 Å². The third kappa shape index (κ3) is 3.68. The van der Waals surface area contributed by atoms with Crippen molar-refractivity contribution in [2.75, 3.05) is 13.2 Å². The molecule has 3 heteroatoms. The van der Waals surface area contributed by atoms with Crippen molar-refractivity contribution >= 4 is 15.9 Å². The maximum Gasteiger partial charge on any atom is 0.120 e. The van der Waals surface area contributed by atoms with Crippen LogP contribution in [0.1, 0.15) is 13.8 Å². The molecule has 1 rings (SSSR count). The molecular formula is C11H15BrO2. The summed E-state index contributed by atoms with van der Waals surface area (Å²) in [4.78, 5) is 0. The predicted octanol–water partition coefficient (Wildman–Crippen LogP) is 2.85. The van der Waals surface area contributed by atoms with Crippen molar-refractivity contribution in [2.24, 2.45) is 5.41 Å². The number of aliphatic hydroxyl groups excluding tert-OH is 1. The molecule has 78 valence electrons. The first-order valence-electron chi connectivity index (χ1n) is 4.53. The molecule has 1 aromatic carbocycles. The van der Waals surface area contributed by atoms with Crippen molar-refractivity contribution in [2.45, 2.75) is 13.8 Å². The number of benzene rings is 1. The van der Waals surface area contributed by atoms with Gasteiger partial charge in [-0.25, -0.2) is 0 Å². The largest absolute Gasteiger partial charge is 0.493 e. The minimum Gasteiger partial charge on any atom is -0.493 e. The van der Waals surface area contributed by atoms with Gasteiger partial charge in [0.2, 0.25) is 0 Å². The van der Waals surface area contributed by atoms with E-state index in [1.807, 2.05) is 38.1 Å². The molecule has 0 spiro atoms. The molecule has 0 fully saturated rings. The molecular weight excluding hydrogens is 244 g/mol. The van der Waals surface area contributed by atoms with Gasteiger partial charge in [0, 0.05) is 9.89 Å². The number of ether oxygens (including phenoxy) is 1. The topological polar surface area (TPSA) is 29.5 Å². The Hall–Kier alpha value is -0.540. The minimum atomic E-state index is -0.192. The Labute approximate surface area is 93.0 Å². The fourth-order valence-electron chi connectivity index (χ4n) is 0.881. The zero-order valence-electron chi connectivity index (χ0n) is 8.46. The second kappa shape index (κ2) is 4.80. The Morgan fingerprint density at radius 1 is 1.43 bits per heavy atom. The van der Waals surface area contributed by atoms with Gasteiger partial charge >= 0.3 is 0 Å². The number of hydrogen-bond acceptors (Lipinski definition) is 2. The lowest BCUT2D eigenvalue weighted by Crippen LogP contribution is -2.25. The van der Waals surface area contributed by atoms with Gasteiger partial charge in [-0.1, -0.05) is 35.8 Å². The number of hydrogen-bond donors (Lipinski definition) is 1. The maximum atomic E-state index is 9.04. The molecule has 1 aromatic rings. The SMILES string of the molecule is CC(C)(CO)COc1cccc(Br)c1. The Morgan fingerprint density at radius 2 is 2.14 bits per heavy atom. The summed E-state index contributed by atoms with van der Waals surface area (Å²) in [5.74, 6) is 0.820. The molecule has 0 aromatic heterocycles. The normalized spacial score (nSPS) is 11.4. The zero-order valence-corrected chi connectivity index (χ0v) is 10.0. The van der Waals surface area contributed by atoms with Gasteiger partial charge in [-0.05, 0) is 18.2 Å². The van der Waals surface area contributed by atoms with Gasteiger partial charge in [0.1, 0.15) is 5.75 Å². The van der Waals surface area contributed by atoms with E-state index in [0.717, 1.165) is 10.2 Å². The molecule has 0 radical (unpaired) electrons. The fraction of sp³-hybridized carbons (Fsp3) is 0.455. The van der Waals surface area contributed by atoms with E-state index < -0.39 is 0 Å². The molecule has 2 nitrogen and oxygen atoms in total. The fourth-order valence-corrected chi connectivity index (χ4v) is 1.26. The Kier molecular flexibility index (Phi) is 3.96. The van der Waals surface area contributed by atoms with Crippen molar-refractivity contribution in [1.82, 2.24) is 0 Å². The summed E-state index contributed by atoms with van der Waals surface area (Å²) in [6, 6.07) is 7.68. The molecule has 0 unspecified atom stereocenters. The summed E-state index contributed by atoms with van der Waals surface area (Å²) >= 11 is 3.37. The predicted molar refractivity (Wildman–Crippen MR) is 60.5 cm³/mol. The van der Waals surface area contributed by atoms with Crippen molar-refractivity contribution in [1.29, 1.82) is 0 Å². The number of rotatable bonds is 4. The van der Waals surface area contributed by atoms with Crippen molar-refractivity contribution in [3.63, 3.8) is 0 Å². The van der Waals surface area contributed by atoms with E-state index in [9.17, 15) is 0 Å². The smallest absolute Gasteiger partial charge is 0.120 e. The summed E-state index contributed by atoms with van der Waals surface area (Å²) in [7, 11) is 0. The van der Waals surface area contributed by atoms with Crippen LogP contribution in [0.25, 0.3) is 0 Å². The highest BCUT2D eigenvalue weighted by Crippen LogP contribution is 2.21. The highest BCUT2D eigenvalue weighted by molar-refractivity contribution is 9.10. The lowest BCUT2D eigenvalue weighted by molar-refractivity contribution is 0.0975. The highest BCUT2D eigenvalue weighted by Gasteiger charge is 2.17. The summed E-state index contributed by atoms with van der Waals surface area (Å²) in [6.45, 7) is 4.57. The second-order valence-corrected chi connectivity index (χ2v) is 4.98. The first kappa shape index (κ1) is 11.5. The highest BCUT2D eigenvalue weighted by atomic mass is 79.9. The molecule has 0 aliphatic rings. The summed E-state index contributed by atoms with van der Waals surface area (Å²) < 4.78 is 6.55. The van der Waals surface area contributed by atoms with E-state index in [0.29, 0.717) is 6.61 Å². The summed E-state index contributed by atoms with van der Waals surface area (Å²) in [5, 5.41) is 9.04. The van der Waals surface area contributed by atoms with Gasteiger partial charge in [0.05, 0.1) is 13.2 Å².